The second-order valence-corrected chi connectivity index (χ2v) is 5.49. The molecule has 1 rings (SSSR count). The van der Waals surface area contributed by atoms with Crippen molar-refractivity contribution in [3.05, 3.63) is 35.9 Å². The zero-order valence-electron chi connectivity index (χ0n) is 12.5. The van der Waals surface area contributed by atoms with Crippen molar-refractivity contribution in [3.63, 3.8) is 0 Å². The lowest BCUT2D eigenvalue weighted by molar-refractivity contribution is -0.144. The summed E-state index contributed by atoms with van der Waals surface area (Å²) in [5, 5.41) is 0. The van der Waals surface area contributed by atoms with Gasteiger partial charge in [0.25, 0.3) is 0 Å². The van der Waals surface area contributed by atoms with E-state index in [1.807, 2.05) is 30.3 Å². The summed E-state index contributed by atoms with van der Waals surface area (Å²) >= 11 is 0. The number of nitrogens with two attached hydrogens (primary N) is 1. The van der Waals surface area contributed by atoms with Crippen LogP contribution < -0.4 is 5.73 Å². The van der Waals surface area contributed by atoms with Crippen LogP contribution in [0.15, 0.2) is 30.3 Å². The third kappa shape index (κ3) is 7.43. The molecule has 0 radical (unpaired) electrons. The SMILES string of the molecule is CC(C)(C)OC(=O)OC(=O)[C@@H](N)COCc1ccccc1. The van der Waals surface area contributed by atoms with E-state index < -0.39 is 23.8 Å². The number of rotatable bonds is 5. The average molecular weight is 295 g/mol. The molecule has 0 unspecified atom stereocenters. The number of benzene rings is 1. The maximum absolute atomic E-state index is 11.6. The predicted molar refractivity (Wildman–Crippen MR) is 76.4 cm³/mol. The van der Waals surface area contributed by atoms with Gasteiger partial charge in [-0.1, -0.05) is 30.3 Å². The van der Waals surface area contributed by atoms with Crippen molar-refractivity contribution in [2.45, 2.75) is 39.0 Å². The van der Waals surface area contributed by atoms with Gasteiger partial charge in [0.2, 0.25) is 0 Å². The predicted octanol–water partition coefficient (Wildman–Crippen LogP) is 2.01. The molecule has 21 heavy (non-hydrogen) atoms. The molecule has 0 spiro atoms. The van der Waals surface area contributed by atoms with Crippen LogP contribution in [0.1, 0.15) is 26.3 Å². The molecule has 2 N–H and O–H groups in total. The quantitative estimate of drug-likeness (QED) is 0.660. The highest BCUT2D eigenvalue weighted by Gasteiger charge is 2.23. The Morgan fingerprint density at radius 1 is 1.19 bits per heavy atom. The van der Waals surface area contributed by atoms with Crippen LogP contribution in [0.2, 0.25) is 0 Å². The molecule has 0 aliphatic heterocycles. The molecule has 0 fully saturated rings. The maximum atomic E-state index is 11.6. The van der Waals surface area contributed by atoms with E-state index >= 15 is 0 Å². The first-order valence-electron chi connectivity index (χ1n) is 6.60. The van der Waals surface area contributed by atoms with E-state index in [2.05, 4.69) is 4.74 Å². The van der Waals surface area contributed by atoms with Gasteiger partial charge in [0.1, 0.15) is 11.6 Å². The number of esters is 1. The molecule has 1 aromatic carbocycles. The van der Waals surface area contributed by atoms with E-state index in [1.165, 1.54) is 0 Å². The van der Waals surface area contributed by atoms with E-state index in [0.29, 0.717) is 6.61 Å². The van der Waals surface area contributed by atoms with Gasteiger partial charge in [0, 0.05) is 0 Å². The van der Waals surface area contributed by atoms with E-state index in [1.54, 1.807) is 20.8 Å². The summed E-state index contributed by atoms with van der Waals surface area (Å²) in [7, 11) is 0. The lowest BCUT2D eigenvalue weighted by atomic mass is 10.2. The van der Waals surface area contributed by atoms with Gasteiger partial charge in [-0.3, -0.25) is 0 Å². The molecule has 0 bridgehead atoms. The molecule has 6 heteroatoms. The summed E-state index contributed by atoms with van der Waals surface area (Å²) in [5.74, 6) is -0.877. The number of carbonyl (C=O) groups excluding carboxylic acids is 2. The van der Waals surface area contributed by atoms with Gasteiger partial charge in [-0.2, -0.15) is 0 Å². The molecule has 0 aliphatic rings. The molecular formula is C15H21NO5. The monoisotopic (exact) mass is 295 g/mol. The fourth-order valence-electron chi connectivity index (χ4n) is 1.37. The van der Waals surface area contributed by atoms with Crippen LogP contribution in [0, 0.1) is 0 Å². The van der Waals surface area contributed by atoms with Crippen molar-refractivity contribution in [2.24, 2.45) is 5.73 Å². The highest BCUT2D eigenvalue weighted by Crippen LogP contribution is 2.08. The summed E-state index contributed by atoms with van der Waals surface area (Å²) in [4.78, 5) is 22.9. The van der Waals surface area contributed by atoms with Crippen LogP contribution in [0.5, 0.6) is 0 Å². The summed E-state index contributed by atoms with van der Waals surface area (Å²) < 4.78 is 14.6. The minimum absolute atomic E-state index is 0.0451. The lowest BCUT2D eigenvalue weighted by Crippen LogP contribution is -2.39. The van der Waals surface area contributed by atoms with Gasteiger partial charge >= 0.3 is 12.1 Å². The van der Waals surface area contributed by atoms with Gasteiger partial charge < -0.3 is 19.9 Å². The van der Waals surface area contributed by atoms with Crippen molar-refractivity contribution in [1.29, 1.82) is 0 Å². The van der Waals surface area contributed by atoms with Crippen LogP contribution in [0.3, 0.4) is 0 Å². The van der Waals surface area contributed by atoms with E-state index in [0.717, 1.165) is 5.56 Å². The first-order valence-corrected chi connectivity index (χ1v) is 6.60. The number of hydrogen-bond acceptors (Lipinski definition) is 6. The first kappa shape index (κ1) is 17.1. The highest BCUT2D eigenvalue weighted by molar-refractivity contribution is 5.85. The molecule has 0 saturated heterocycles. The Kier molecular flexibility index (Phi) is 6.33. The highest BCUT2D eigenvalue weighted by atomic mass is 16.7. The fourth-order valence-corrected chi connectivity index (χ4v) is 1.37. The van der Waals surface area contributed by atoms with Crippen LogP contribution in [0.4, 0.5) is 4.79 Å². The van der Waals surface area contributed by atoms with Crippen molar-refractivity contribution >= 4 is 12.1 Å². The average Bonchev–Trinajstić information content (AvgIpc) is 2.37. The van der Waals surface area contributed by atoms with Crippen LogP contribution >= 0.6 is 0 Å². The Labute approximate surface area is 124 Å². The van der Waals surface area contributed by atoms with Gasteiger partial charge in [0.15, 0.2) is 0 Å². The smallest absolute Gasteiger partial charge is 0.428 e. The van der Waals surface area contributed by atoms with Gasteiger partial charge in [-0.05, 0) is 26.3 Å². The number of ether oxygens (including phenoxy) is 3. The van der Waals surface area contributed by atoms with Gasteiger partial charge in [0.05, 0.1) is 13.2 Å². The fraction of sp³-hybridized carbons (Fsp3) is 0.467. The molecule has 0 aromatic heterocycles. The molecule has 1 aromatic rings. The van der Waals surface area contributed by atoms with Crippen molar-refractivity contribution in [1.82, 2.24) is 0 Å². The molecule has 0 aliphatic carbocycles. The van der Waals surface area contributed by atoms with E-state index in [9.17, 15) is 9.59 Å². The Morgan fingerprint density at radius 3 is 2.38 bits per heavy atom. The molecule has 0 amide bonds. The zero-order chi connectivity index (χ0) is 15.9. The molecule has 6 nitrogen and oxygen atoms in total. The second kappa shape index (κ2) is 7.75. The Balaban J connectivity index is 2.29. The minimum Gasteiger partial charge on any atom is -0.428 e. The zero-order valence-corrected chi connectivity index (χ0v) is 12.5. The number of carbonyl (C=O) groups is 2. The molecular weight excluding hydrogens is 274 g/mol. The Hall–Kier alpha value is -1.92. The summed E-state index contributed by atoms with van der Waals surface area (Å²) in [6.45, 7) is 5.29. The van der Waals surface area contributed by atoms with E-state index in [4.69, 9.17) is 15.2 Å². The first-order chi connectivity index (χ1) is 9.78. The standard InChI is InChI=1S/C15H21NO5/c1-15(2,3)21-14(18)20-13(17)12(16)10-19-9-11-7-5-4-6-8-11/h4-8,12H,9-10,16H2,1-3H3/t12-/m0/s1. The van der Waals surface area contributed by atoms with Gasteiger partial charge in [-0.25, -0.2) is 9.59 Å². The summed E-state index contributed by atoms with van der Waals surface area (Å²) in [6, 6.07) is 8.41. The maximum Gasteiger partial charge on any atom is 0.516 e. The third-order valence-electron chi connectivity index (χ3n) is 2.29. The summed E-state index contributed by atoms with van der Waals surface area (Å²) in [6.07, 6.45) is -1.06. The second-order valence-electron chi connectivity index (χ2n) is 5.49. The normalized spacial score (nSPS) is 12.6. The van der Waals surface area contributed by atoms with Crippen molar-refractivity contribution in [3.8, 4) is 0 Å². The Morgan fingerprint density at radius 2 is 1.81 bits per heavy atom. The van der Waals surface area contributed by atoms with Crippen LogP contribution in [-0.4, -0.2) is 30.4 Å². The molecule has 0 heterocycles. The lowest BCUT2D eigenvalue weighted by Gasteiger charge is -2.19. The van der Waals surface area contributed by atoms with Gasteiger partial charge in [-0.15, -0.1) is 0 Å². The van der Waals surface area contributed by atoms with Crippen molar-refractivity contribution in [2.75, 3.05) is 6.61 Å². The van der Waals surface area contributed by atoms with Crippen LogP contribution in [-0.2, 0) is 25.6 Å². The number of hydrogen-bond donors (Lipinski definition) is 1. The van der Waals surface area contributed by atoms with Crippen molar-refractivity contribution < 1.29 is 23.8 Å². The molecule has 0 saturated carbocycles. The summed E-state index contributed by atoms with van der Waals surface area (Å²) in [5.41, 5.74) is 5.82. The Bertz CT molecular complexity index is 467. The molecule has 116 valence electrons. The molecule has 1 atom stereocenters. The van der Waals surface area contributed by atoms with Crippen LogP contribution in [0.25, 0.3) is 0 Å². The topological polar surface area (TPSA) is 87.9 Å². The van der Waals surface area contributed by atoms with E-state index in [-0.39, 0.29) is 6.61 Å². The minimum atomic E-state index is -1.06. The largest absolute Gasteiger partial charge is 0.516 e. The third-order valence-corrected chi connectivity index (χ3v) is 2.29.